The van der Waals surface area contributed by atoms with Crippen LogP contribution in [0.5, 0.6) is 0 Å². The number of hydrogen-bond acceptors (Lipinski definition) is 2. The van der Waals surface area contributed by atoms with E-state index in [9.17, 15) is 0 Å². The zero-order chi connectivity index (χ0) is 11.1. The van der Waals surface area contributed by atoms with Crippen molar-refractivity contribution < 1.29 is 0 Å². The predicted molar refractivity (Wildman–Crippen MR) is 64.7 cm³/mol. The normalized spacial score (nSPS) is 35.0. The van der Waals surface area contributed by atoms with Gasteiger partial charge in [0, 0.05) is 18.6 Å². The maximum atomic E-state index is 6.39. The molecule has 0 aromatic heterocycles. The summed E-state index contributed by atoms with van der Waals surface area (Å²) in [6.07, 6.45) is 5.48. The molecular weight excluding hydrogens is 184 g/mol. The Bertz CT molecular complexity index is 221. The van der Waals surface area contributed by atoms with E-state index in [4.69, 9.17) is 5.73 Å². The van der Waals surface area contributed by atoms with E-state index in [0.29, 0.717) is 17.5 Å². The van der Waals surface area contributed by atoms with Crippen molar-refractivity contribution in [3.63, 3.8) is 0 Å². The van der Waals surface area contributed by atoms with Crippen LogP contribution in [0.2, 0.25) is 0 Å². The first kappa shape index (κ1) is 11.4. The fourth-order valence-electron chi connectivity index (χ4n) is 2.93. The van der Waals surface area contributed by atoms with Crippen molar-refractivity contribution in [1.82, 2.24) is 4.90 Å². The third-order valence-electron chi connectivity index (χ3n) is 4.47. The second-order valence-electron chi connectivity index (χ2n) is 6.15. The second kappa shape index (κ2) is 4.06. The lowest BCUT2D eigenvalue weighted by atomic mass is 9.87. The summed E-state index contributed by atoms with van der Waals surface area (Å²) in [5.41, 5.74) is 6.74. The summed E-state index contributed by atoms with van der Waals surface area (Å²) in [7, 11) is 0. The van der Waals surface area contributed by atoms with Gasteiger partial charge in [-0.1, -0.05) is 20.8 Å². The Labute approximate surface area is 94.2 Å². The Kier molecular flexibility index (Phi) is 3.09. The molecule has 0 spiro atoms. The van der Waals surface area contributed by atoms with Gasteiger partial charge < -0.3 is 5.73 Å². The molecule has 0 heterocycles. The van der Waals surface area contributed by atoms with Gasteiger partial charge in [0.25, 0.3) is 0 Å². The van der Waals surface area contributed by atoms with Crippen LogP contribution < -0.4 is 5.73 Å². The van der Waals surface area contributed by atoms with Gasteiger partial charge in [-0.2, -0.15) is 0 Å². The lowest BCUT2D eigenvalue weighted by molar-refractivity contribution is 0.165. The van der Waals surface area contributed by atoms with E-state index in [-0.39, 0.29) is 0 Å². The summed E-state index contributed by atoms with van der Waals surface area (Å²) in [6.45, 7) is 9.39. The van der Waals surface area contributed by atoms with Crippen molar-refractivity contribution in [2.75, 3.05) is 13.1 Å². The highest BCUT2D eigenvalue weighted by Gasteiger charge is 2.42. The maximum absolute atomic E-state index is 6.39. The largest absolute Gasteiger partial charge is 0.326 e. The fourth-order valence-corrected chi connectivity index (χ4v) is 2.93. The van der Waals surface area contributed by atoms with Crippen molar-refractivity contribution in [3.8, 4) is 0 Å². The SMILES string of the molecule is CCN(CC1CC1)C1CCC(C)(C)C1N. The van der Waals surface area contributed by atoms with Gasteiger partial charge in [-0.05, 0) is 43.6 Å². The molecule has 2 fully saturated rings. The molecule has 2 atom stereocenters. The Morgan fingerprint density at radius 1 is 1.27 bits per heavy atom. The Hall–Kier alpha value is -0.0800. The maximum Gasteiger partial charge on any atom is 0.0252 e. The molecule has 2 rings (SSSR count). The highest BCUT2D eigenvalue weighted by molar-refractivity contribution is 4.99. The summed E-state index contributed by atoms with van der Waals surface area (Å²) in [5, 5.41) is 0. The van der Waals surface area contributed by atoms with Crippen LogP contribution in [0.15, 0.2) is 0 Å². The van der Waals surface area contributed by atoms with Gasteiger partial charge in [0.1, 0.15) is 0 Å². The summed E-state index contributed by atoms with van der Waals surface area (Å²) >= 11 is 0. The smallest absolute Gasteiger partial charge is 0.0252 e. The quantitative estimate of drug-likeness (QED) is 0.771. The average Bonchev–Trinajstić information content (AvgIpc) is 2.95. The Morgan fingerprint density at radius 3 is 2.33 bits per heavy atom. The third kappa shape index (κ3) is 2.36. The molecular formula is C13H26N2. The number of nitrogens with two attached hydrogens (primary N) is 1. The molecule has 2 nitrogen and oxygen atoms in total. The first-order valence-corrected chi connectivity index (χ1v) is 6.54. The fraction of sp³-hybridized carbons (Fsp3) is 1.00. The van der Waals surface area contributed by atoms with Gasteiger partial charge in [-0.15, -0.1) is 0 Å². The van der Waals surface area contributed by atoms with Gasteiger partial charge in [-0.25, -0.2) is 0 Å². The zero-order valence-corrected chi connectivity index (χ0v) is 10.5. The van der Waals surface area contributed by atoms with Crippen LogP contribution in [-0.2, 0) is 0 Å². The van der Waals surface area contributed by atoms with Crippen molar-refractivity contribution in [1.29, 1.82) is 0 Å². The monoisotopic (exact) mass is 210 g/mol. The lowest BCUT2D eigenvalue weighted by Gasteiger charge is -2.34. The minimum absolute atomic E-state index is 0.349. The second-order valence-corrected chi connectivity index (χ2v) is 6.15. The molecule has 15 heavy (non-hydrogen) atoms. The third-order valence-corrected chi connectivity index (χ3v) is 4.47. The Morgan fingerprint density at radius 2 is 1.93 bits per heavy atom. The summed E-state index contributed by atoms with van der Waals surface area (Å²) < 4.78 is 0. The molecule has 2 aliphatic carbocycles. The van der Waals surface area contributed by atoms with Crippen molar-refractivity contribution in [2.45, 2.75) is 58.5 Å². The Balaban J connectivity index is 1.95. The van der Waals surface area contributed by atoms with E-state index in [2.05, 4.69) is 25.7 Å². The molecule has 0 aromatic rings. The molecule has 0 amide bonds. The van der Waals surface area contributed by atoms with Crippen molar-refractivity contribution in [2.24, 2.45) is 17.1 Å². The van der Waals surface area contributed by atoms with E-state index >= 15 is 0 Å². The minimum atomic E-state index is 0.349. The molecule has 2 N–H and O–H groups in total. The summed E-state index contributed by atoms with van der Waals surface area (Å²) in [5.74, 6) is 0.987. The van der Waals surface area contributed by atoms with Crippen molar-refractivity contribution >= 4 is 0 Å². The molecule has 0 radical (unpaired) electrons. The van der Waals surface area contributed by atoms with Crippen LogP contribution >= 0.6 is 0 Å². The number of likely N-dealkylation sites (N-methyl/N-ethyl adjacent to an activating group) is 1. The van der Waals surface area contributed by atoms with Gasteiger partial charge in [0.15, 0.2) is 0 Å². The van der Waals surface area contributed by atoms with E-state index in [1.807, 2.05) is 0 Å². The van der Waals surface area contributed by atoms with Crippen molar-refractivity contribution in [3.05, 3.63) is 0 Å². The topological polar surface area (TPSA) is 29.3 Å². The standard InChI is InChI=1S/C13H26N2/c1-4-15(9-10-5-6-10)11-7-8-13(2,3)12(11)14/h10-12H,4-9,14H2,1-3H3. The molecule has 2 aliphatic rings. The van der Waals surface area contributed by atoms with Gasteiger partial charge in [0.05, 0.1) is 0 Å². The van der Waals surface area contributed by atoms with Crippen LogP contribution in [0.25, 0.3) is 0 Å². The van der Waals surface area contributed by atoms with Gasteiger partial charge >= 0.3 is 0 Å². The van der Waals surface area contributed by atoms with E-state index in [0.717, 1.165) is 5.92 Å². The highest BCUT2D eigenvalue weighted by atomic mass is 15.2. The van der Waals surface area contributed by atoms with Crippen LogP contribution in [-0.4, -0.2) is 30.1 Å². The van der Waals surface area contributed by atoms with E-state index in [1.165, 1.54) is 38.8 Å². The van der Waals surface area contributed by atoms with E-state index < -0.39 is 0 Å². The predicted octanol–water partition coefficient (Wildman–Crippen LogP) is 2.23. The first-order chi connectivity index (χ1) is 7.04. The molecule has 2 heteroatoms. The van der Waals surface area contributed by atoms with Crippen LogP contribution in [0.3, 0.4) is 0 Å². The number of nitrogens with zero attached hydrogens (tertiary/aromatic N) is 1. The van der Waals surface area contributed by atoms with Crippen LogP contribution in [0.4, 0.5) is 0 Å². The molecule has 2 unspecified atom stereocenters. The van der Waals surface area contributed by atoms with E-state index in [1.54, 1.807) is 0 Å². The molecule has 2 saturated carbocycles. The first-order valence-electron chi connectivity index (χ1n) is 6.54. The van der Waals surface area contributed by atoms with Crippen LogP contribution in [0.1, 0.15) is 46.5 Å². The lowest BCUT2D eigenvalue weighted by Crippen LogP contribution is -2.49. The van der Waals surface area contributed by atoms with Crippen LogP contribution in [0, 0.1) is 11.3 Å². The van der Waals surface area contributed by atoms with Gasteiger partial charge in [0.2, 0.25) is 0 Å². The summed E-state index contributed by atoms with van der Waals surface area (Å²) in [6, 6.07) is 1.02. The minimum Gasteiger partial charge on any atom is -0.326 e. The number of rotatable bonds is 4. The molecule has 0 saturated heterocycles. The summed E-state index contributed by atoms with van der Waals surface area (Å²) in [4.78, 5) is 2.64. The zero-order valence-electron chi connectivity index (χ0n) is 10.5. The highest BCUT2D eigenvalue weighted by Crippen LogP contribution is 2.40. The molecule has 88 valence electrons. The molecule has 0 bridgehead atoms. The molecule has 0 aromatic carbocycles. The average molecular weight is 210 g/mol. The molecule has 0 aliphatic heterocycles. The van der Waals surface area contributed by atoms with Gasteiger partial charge in [-0.3, -0.25) is 4.90 Å². The number of hydrogen-bond donors (Lipinski definition) is 1.